The third-order valence-corrected chi connectivity index (χ3v) is 5.09. The smallest absolute Gasteiger partial charge is 0.343 e. The summed E-state index contributed by atoms with van der Waals surface area (Å²) >= 11 is 0. The van der Waals surface area contributed by atoms with Gasteiger partial charge in [-0.3, -0.25) is 0 Å². The molecule has 6 heteroatoms. The Morgan fingerprint density at radius 2 is 1.29 bits per heavy atom. The van der Waals surface area contributed by atoms with Crippen LogP contribution in [-0.2, 0) is 16.1 Å². The number of carbonyl (C=O) groups is 2. The highest BCUT2D eigenvalue weighted by Gasteiger charge is 2.09. The molecule has 182 valence electrons. The van der Waals surface area contributed by atoms with Crippen molar-refractivity contribution in [2.24, 2.45) is 0 Å². The zero-order valence-corrected chi connectivity index (χ0v) is 19.7. The molecule has 0 saturated heterocycles. The molecule has 0 aromatic heterocycles. The van der Waals surface area contributed by atoms with Crippen molar-refractivity contribution in [1.29, 1.82) is 0 Å². The highest BCUT2D eigenvalue weighted by atomic mass is 16.5. The second kappa shape index (κ2) is 14.3. The van der Waals surface area contributed by atoms with Crippen LogP contribution in [0.2, 0.25) is 0 Å². The Labute approximate surface area is 206 Å². The molecule has 0 fully saturated rings. The Morgan fingerprint density at radius 3 is 1.97 bits per heavy atom. The molecule has 0 aliphatic rings. The van der Waals surface area contributed by atoms with Gasteiger partial charge in [0.2, 0.25) is 0 Å². The molecule has 0 N–H and O–H groups in total. The molecule has 0 bridgehead atoms. The van der Waals surface area contributed by atoms with Crippen LogP contribution in [0.3, 0.4) is 0 Å². The molecule has 0 radical (unpaired) electrons. The Bertz CT molecular complexity index is 1060. The van der Waals surface area contributed by atoms with Crippen LogP contribution in [0.4, 0.5) is 0 Å². The van der Waals surface area contributed by atoms with Gasteiger partial charge in [0.25, 0.3) is 0 Å². The largest absolute Gasteiger partial charge is 0.494 e. The summed E-state index contributed by atoms with van der Waals surface area (Å²) in [5.74, 6) is 1.02. The number of hydrogen-bond donors (Lipinski definition) is 0. The predicted molar refractivity (Wildman–Crippen MR) is 134 cm³/mol. The summed E-state index contributed by atoms with van der Waals surface area (Å²) in [7, 11) is 0. The van der Waals surface area contributed by atoms with Gasteiger partial charge in [0, 0.05) is 6.08 Å². The fourth-order valence-electron chi connectivity index (χ4n) is 3.18. The first-order chi connectivity index (χ1) is 17.1. The van der Waals surface area contributed by atoms with E-state index >= 15 is 0 Å². The van der Waals surface area contributed by atoms with E-state index in [4.69, 9.17) is 18.9 Å². The highest BCUT2D eigenvalue weighted by Crippen LogP contribution is 2.20. The zero-order chi connectivity index (χ0) is 24.7. The summed E-state index contributed by atoms with van der Waals surface area (Å²) in [6.07, 6.45) is 4.81. The van der Waals surface area contributed by atoms with E-state index in [-0.39, 0.29) is 5.97 Å². The average molecular weight is 475 g/mol. The zero-order valence-electron chi connectivity index (χ0n) is 19.7. The second-order valence-corrected chi connectivity index (χ2v) is 7.79. The van der Waals surface area contributed by atoms with Gasteiger partial charge in [-0.25, -0.2) is 9.59 Å². The van der Waals surface area contributed by atoms with E-state index in [1.54, 1.807) is 48.5 Å². The van der Waals surface area contributed by atoms with Crippen molar-refractivity contribution in [2.45, 2.75) is 32.3 Å². The number of carbonyl (C=O) groups excluding carboxylic acids is 2. The van der Waals surface area contributed by atoms with Gasteiger partial charge in [-0.15, -0.1) is 0 Å². The van der Waals surface area contributed by atoms with Crippen molar-refractivity contribution in [3.05, 3.63) is 103 Å². The van der Waals surface area contributed by atoms with Crippen molar-refractivity contribution in [1.82, 2.24) is 0 Å². The molecule has 0 aliphatic heterocycles. The summed E-state index contributed by atoms with van der Waals surface area (Å²) in [6, 6.07) is 23.7. The standard InChI is InChI=1S/C29H30O6/c1-2-28(30)33-21-9-4-3-8-20-32-25-14-12-24(13-15-25)29(31)35-27-18-16-26(17-19-27)34-22-23-10-6-5-7-11-23/h2,5-7,10-19H,1,3-4,8-9,20-22H2. The van der Waals surface area contributed by atoms with Crippen LogP contribution in [0.25, 0.3) is 0 Å². The van der Waals surface area contributed by atoms with Crippen LogP contribution in [0, 0.1) is 0 Å². The first-order valence-electron chi connectivity index (χ1n) is 11.6. The lowest BCUT2D eigenvalue weighted by Gasteiger charge is -2.09. The van der Waals surface area contributed by atoms with Gasteiger partial charge < -0.3 is 18.9 Å². The number of ether oxygens (including phenoxy) is 4. The van der Waals surface area contributed by atoms with Crippen LogP contribution in [0.15, 0.2) is 91.5 Å². The van der Waals surface area contributed by atoms with E-state index in [1.807, 2.05) is 30.3 Å². The van der Waals surface area contributed by atoms with Crippen LogP contribution in [0.1, 0.15) is 41.6 Å². The summed E-state index contributed by atoms with van der Waals surface area (Å²) in [5.41, 5.74) is 1.52. The maximum absolute atomic E-state index is 12.4. The lowest BCUT2D eigenvalue weighted by molar-refractivity contribution is -0.137. The molecule has 0 heterocycles. The van der Waals surface area contributed by atoms with Gasteiger partial charge in [0.1, 0.15) is 23.9 Å². The topological polar surface area (TPSA) is 71.1 Å². The van der Waals surface area contributed by atoms with E-state index in [9.17, 15) is 9.59 Å². The summed E-state index contributed by atoms with van der Waals surface area (Å²) in [5, 5.41) is 0. The molecular weight excluding hydrogens is 444 g/mol. The summed E-state index contributed by atoms with van der Waals surface area (Å²) in [4.78, 5) is 23.4. The third kappa shape index (κ3) is 9.37. The van der Waals surface area contributed by atoms with E-state index in [2.05, 4.69) is 6.58 Å². The van der Waals surface area contributed by atoms with E-state index in [1.165, 1.54) is 6.08 Å². The number of hydrogen-bond acceptors (Lipinski definition) is 6. The van der Waals surface area contributed by atoms with Crippen LogP contribution < -0.4 is 14.2 Å². The number of unbranched alkanes of at least 4 members (excludes halogenated alkanes) is 3. The second-order valence-electron chi connectivity index (χ2n) is 7.79. The molecule has 0 aliphatic carbocycles. The molecule has 0 atom stereocenters. The van der Waals surface area contributed by atoms with E-state index in [0.29, 0.717) is 42.6 Å². The van der Waals surface area contributed by atoms with Crippen molar-refractivity contribution < 1.29 is 28.5 Å². The highest BCUT2D eigenvalue weighted by molar-refractivity contribution is 5.91. The summed E-state index contributed by atoms with van der Waals surface area (Å²) in [6.45, 7) is 4.82. The molecule has 3 aromatic rings. The summed E-state index contributed by atoms with van der Waals surface area (Å²) < 4.78 is 21.9. The molecule has 35 heavy (non-hydrogen) atoms. The Hall–Kier alpha value is -4.06. The Balaban J connectivity index is 1.34. The molecule has 3 aromatic carbocycles. The maximum Gasteiger partial charge on any atom is 0.343 e. The molecule has 0 spiro atoms. The fraction of sp³-hybridized carbons (Fsp3) is 0.241. The fourth-order valence-corrected chi connectivity index (χ4v) is 3.18. The first-order valence-corrected chi connectivity index (χ1v) is 11.6. The van der Waals surface area contributed by atoms with Crippen LogP contribution in [-0.4, -0.2) is 25.2 Å². The number of rotatable bonds is 14. The van der Waals surface area contributed by atoms with E-state index < -0.39 is 5.97 Å². The van der Waals surface area contributed by atoms with Crippen molar-refractivity contribution >= 4 is 11.9 Å². The van der Waals surface area contributed by atoms with Gasteiger partial charge in [-0.05, 0) is 79.8 Å². The van der Waals surface area contributed by atoms with Gasteiger partial charge in [-0.2, -0.15) is 0 Å². The van der Waals surface area contributed by atoms with Crippen molar-refractivity contribution in [3.8, 4) is 17.2 Å². The van der Waals surface area contributed by atoms with Gasteiger partial charge in [-0.1, -0.05) is 36.9 Å². The monoisotopic (exact) mass is 474 g/mol. The SMILES string of the molecule is C=CC(=O)OCCCCCCOc1ccc(C(=O)Oc2ccc(OCc3ccccc3)cc2)cc1. The number of benzene rings is 3. The van der Waals surface area contributed by atoms with Crippen LogP contribution in [0.5, 0.6) is 17.2 Å². The Kier molecular flexibility index (Phi) is 10.4. The molecular formula is C29H30O6. The van der Waals surface area contributed by atoms with Crippen molar-refractivity contribution in [3.63, 3.8) is 0 Å². The maximum atomic E-state index is 12.4. The van der Waals surface area contributed by atoms with E-state index in [0.717, 1.165) is 31.2 Å². The molecule has 0 unspecified atom stereocenters. The van der Waals surface area contributed by atoms with Gasteiger partial charge in [0.15, 0.2) is 0 Å². The normalized spacial score (nSPS) is 10.3. The molecule has 0 amide bonds. The minimum atomic E-state index is -0.438. The van der Waals surface area contributed by atoms with Crippen LogP contribution >= 0.6 is 0 Å². The first kappa shape index (κ1) is 25.6. The molecule has 0 saturated carbocycles. The van der Waals surface area contributed by atoms with Crippen molar-refractivity contribution in [2.75, 3.05) is 13.2 Å². The third-order valence-electron chi connectivity index (χ3n) is 5.09. The van der Waals surface area contributed by atoms with Gasteiger partial charge >= 0.3 is 11.9 Å². The lowest BCUT2D eigenvalue weighted by Crippen LogP contribution is -2.08. The minimum absolute atomic E-state index is 0.386. The number of esters is 2. The molecule has 3 rings (SSSR count). The minimum Gasteiger partial charge on any atom is -0.494 e. The molecule has 6 nitrogen and oxygen atoms in total. The lowest BCUT2D eigenvalue weighted by atomic mass is 10.2. The average Bonchev–Trinajstić information content (AvgIpc) is 2.90. The quantitative estimate of drug-likeness (QED) is 0.121. The predicted octanol–water partition coefficient (Wildman–Crippen LogP) is 6.15. The Morgan fingerprint density at radius 1 is 0.686 bits per heavy atom. The van der Waals surface area contributed by atoms with Gasteiger partial charge in [0.05, 0.1) is 18.8 Å².